The highest BCUT2D eigenvalue weighted by Gasteiger charge is 2.25. The molecule has 0 radical (unpaired) electrons. The second-order valence-electron chi connectivity index (χ2n) is 6.60. The van der Waals surface area contributed by atoms with E-state index in [0.29, 0.717) is 17.9 Å². The molecule has 1 unspecified atom stereocenters. The summed E-state index contributed by atoms with van der Waals surface area (Å²) in [7, 11) is 0. The molecule has 1 amide bonds. The summed E-state index contributed by atoms with van der Waals surface area (Å²) >= 11 is 0. The minimum absolute atomic E-state index is 0.120. The molecule has 0 fully saturated rings. The van der Waals surface area contributed by atoms with Crippen LogP contribution in [0.2, 0.25) is 0 Å². The third kappa shape index (κ3) is 3.74. The van der Waals surface area contributed by atoms with Gasteiger partial charge in [-0.15, -0.1) is 0 Å². The summed E-state index contributed by atoms with van der Waals surface area (Å²) < 4.78 is 33.6. The van der Waals surface area contributed by atoms with E-state index in [-0.39, 0.29) is 11.5 Å². The molecule has 3 rings (SSSR count). The molecule has 0 bridgehead atoms. The molecule has 1 atom stereocenters. The van der Waals surface area contributed by atoms with Crippen molar-refractivity contribution in [2.45, 2.75) is 39.8 Å². The van der Waals surface area contributed by atoms with Crippen LogP contribution in [0.4, 0.5) is 8.78 Å². The van der Waals surface area contributed by atoms with Gasteiger partial charge in [0.15, 0.2) is 0 Å². The first kappa shape index (κ1) is 18.0. The largest absolute Gasteiger partial charge is 0.459 e. The van der Waals surface area contributed by atoms with Crippen molar-refractivity contribution in [3.8, 4) is 0 Å². The third-order valence-electron chi connectivity index (χ3n) is 3.90. The molecule has 1 N–H and O–H groups in total. The van der Waals surface area contributed by atoms with Crippen molar-refractivity contribution >= 4 is 16.9 Å². The molecule has 0 aliphatic rings. The molecule has 26 heavy (non-hydrogen) atoms. The maximum Gasteiger partial charge on any atom is 0.282 e. The zero-order valence-corrected chi connectivity index (χ0v) is 14.7. The van der Waals surface area contributed by atoms with Gasteiger partial charge in [0.25, 0.3) is 12.3 Å². The van der Waals surface area contributed by atoms with Crippen LogP contribution >= 0.6 is 0 Å². The zero-order chi connectivity index (χ0) is 18.8. The average Bonchev–Trinajstić information content (AvgIpc) is 3.18. The maximum atomic E-state index is 13.3. The van der Waals surface area contributed by atoms with Crippen molar-refractivity contribution in [2.24, 2.45) is 5.92 Å². The lowest BCUT2D eigenvalue weighted by molar-refractivity contribution is 0.0921. The van der Waals surface area contributed by atoms with Crippen molar-refractivity contribution in [1.82, 2.24) is 20.1 Å². The fourth-order valence-electron chi connectivity index (χ4n) is 2.70. The Labute approximate surface area is 149 Å². The van der Waals surface area contributed by atoms with Crippen molar-refractivity contribution in [1.29, 1.82) is 0 Å². The number of hydrogen-bond donors (Lipinski definition) is 1. The molecule has 6 nitrogen and oxygen atoms in total. The number of carbonyl (C=O) groups excluding carboxylic acids is 1. The molecule has 0 saturated carbocycles. The second-order valence-corrected chi connectivity index (χ2v) is 6.60. The van der Waals surface area contributed by atoms with Gasteiger partial charge in [-0.3, -0.25) is 14.5 Å². The number of alkyl halides is 2. The Hall–Kier alpha value is -2.77. The van der Waals surface area contributed by atoms with Gasteiger partial charge in [0.05, 0.1) is 11.6 Å². The summed E-state index contributed by atoms with van der Waals surface area (Å²) in [6, 6.07) is 3.00. The number of aromatic nitrogens is 3. The molecule has 3 aromatic rings. The minimum atomic E-state index is -2.82. The summed E-state index contributed by atoms with van der Waals surface area (Å²) in [5.41, 5.74) is 0.0172. The highest BCUT2D eigenvalue weighted by Crippen LogP contribution is 2.25. The number of halogens is 2. The van der Waals surface area contributed by atoms with E-state index in [4.69, 9.17) is 4.42 Å². The predicted octanol–water partition coefficient (Wildman–Crippen LogP) is 4.11. The Bertz CT molecular complexity index is 884. The fourth-order valence-corrected chi connectivity index (χ4v) is 2.70. The van der Waals surface area contributed by atoms with Gasteiger partial charge in [0, 0.05) is 30.5 Å². The highest BCUT2D eigenvalue weighted by atomic mass is 19.3. The Balaban J connectivity index is 1.81. The standard InChI is InChI=1S/C18H20F2N4O2/c1-10(2)8-24-9-13(16(23-24)17(19)20)18(25)22-11(3)15-6-12-7-21-5-4-14(12)26-15/h4-7,9-11,17H,8H2,1-3H3,(H,22,25). The summed E-state index contributed by atoms with van der Waals surface area (Å²) in [5, 5.41) is 7.36. The molecule has 3 aromatic heterocycles. The quantitative estimate of drug-likeness (QED) is 0.716. The normalized spacial score (nSPS) is 12.9. The van der Waals surface area contributed by atoms with Gasteiger partial charge >= 0.3 is 0 Å². The van der Waals surface area contributed by atoms with Gasteiger partial charge in [0.1, 0.15) is 17.0 Å². The van der Waals surface area contributed by atoms with Crippen molar-refractivity contribution in [2.75, 3.05) is 0 Å². The highest BCUT2D eigenvalue weighted by molar-refractivity contribution is 5.95. The number of amides is 1. The van der Waals surface area contributed by atoms with Crippen LogP contribution < -0.4 is 5.32 Å². The van der Waals surface area contributed by atoms with Crippen LogP contribution in [0.15, 0.2) is 35.1 Å². The number of fused-ring (bicyclic) bond motifs is 1. The third-order valence-corrected chi connectivity index (χ3v) is 3.90. The number of hydrogen-bond acceptors (Lipinski definition) is 4. The Morgan fingerprint density at radius 3 is 2.77 bits per heavy atom. The summed E-state index contributed by atoms with van der Waals surface area (Å²) in [5.74, 6) is 0.135. The van der Waals surface area contributed by atoms with Crippen molar-refractivity contribution in [3.63, 3.8) is 0 Å². The summed E-state index contributed by atoms with van der Waals surface area (Å²) in [6.45, 7) is 6.08. The van der Waals surface area contributed by atoms with Crippen molar-refractivity contribution < 1.29 is 18.0 Å². The molecular formula is C18H20F2N4O2. The van der Waals surface area contributed by atoms with Crippen LogP contribution in [0.25, 0.3) is 11.0 Å². The minimum Gasteiger partial charge on any atom is -0.459 e. The zero-order valence-electron chi connectivity index (χ0n) is 14.7. The molecule has 0 aromatic carbocycles. The van der Waals surface area contributed by atoms with Gasteiger partial charge in [0.2, 0.25) is 0 Å². The van der Waals surface area contributed by atoms with Crippen LogP contribution in [0.1, 0.15) is 55.1 Å². The van der Waals surface area contributed by atoms with Crippen LogP contribution in [0.3, 0.4) is 0 Å². The first-order valence-corrected chi connectivity index (χ1v) is 8.35. The van der Waals surface area contributed by atoms with Gasteiger partial charge in [-0.05, 0) is 25.0 Å². The smallest absolute Gasteiger partial charge is 0.282 e. The predicted molar refractivity (Wildman–Crippen MR) is 91.9 cm³/mol. The number of carbonyl (C=O) groups is 1. The fraction of sp³-hybridized carbons (Fsp3) is 0.389. The van der Waals surface area contributed by atoms with Crippen molar-refractivity contribution in [3.05, 3.63) is 47.7 Å². The first-order valence-electron chi connectivity index (χ1n) is 8.35. The maximum absolute atomic E-state index is 13.3. The molecule has 138 valence electrons. The summed E-state index contributed by atoms with van der Waals surface area (Å²) in [4.78, 5) is 16.5. The molecule has 0 saturated heterocycles. The first-order chi connectivity index (χ1) is 12.3. The lowest BCUT2D eigenvalue weighted by Gasteiger charge is -2.11. The summed E-state index contributed by atoms with van der Waals surface area (Å²) in [6.07, 6.45) is 1.81. The van der Waals surface area contributed by atoms with E-state index >= 15 is 0 Å². The van der Waals surface area contributed by atoms with E-state index in [1.807, 2.05) is 13.8 Å². The second kappa shape index (κ2) is 7.23. The van der Waals surface area contributed by atoms with E-state index in [1.54, 1.807) is 31.5 Å². The number of nitrogens with one attached hydrogen (secondary N) is 1. The van der Waals surface area contributed by atoms with Crippen LogP contribution in [0.5, 0.6) is 0 Å². The van der Waals surface area contributed by atoms with E-state index < -0.39 is 24.1 Å². The van der Waals surface area contributed by atoms with Crippen LogP contribution in [-0.2, 0) is 6.54 Å². The van der Waals surface area contributed by atoms with Gasteiger partial charge in [-0.2, -0.15) is 5.10 Å². The lowest BCUT2D eigenvalue weighted by atomic mass is 10.2. The molecule has 0 spiro atoms. The number of pyridine rings is 1. The lowest BCUT2D eigenvalue weighted by Crippen LogP contribution is -2.27. The number of nitrogens with zero attached hydrogens (tertiary/aromatic N) is 3. The number of furan rings is 1. The van der Waals surface area contributed by atoms with Crippen LogP contribution in [-0.4, -0.2) is 20.7 Å². The van der Waals surface area contributed by atoms with Gasteiger partial charge in [-0.1, -0.05) is 13.8 Å². The van der Waals surface area contributed by atoms with E-state index in [9.17, 15) is 13.6 Å². The monoisotopic (exact) mass is 362 g/mol. The Morgan fingerprint density at radius 2 is 2.12 bits per heavy atom. The molecule has 0 aliphatic heterocycles. The van der Waals surface area contributed by atoms with E-state index in [1.165, 1.54) is 10.9 Å². The Morgan fingerprint density at radius 1 is 1.35 bits per heavy atom. The Kier molecular flexibility index (Phi) is 5.01. The van der Waals surface area contributed by atoms with Crippen LogP contribution in [0, 0.1) is 5.92 Å². The van der Waals surface area contributed by atoms with E-state index in [2.05, 4.69) is 15.4 Å². The topological polar surface area (TPSA) is 73.0 Å². The molecular weight excluding hydrogens is 342 g/mol. The molecule has 0 aliphatic carbocycles. The SMILES string of the molecule is CC(C)Cn1cc(C(=O)NC(C)c2cc3cnccc3o2)c(C(F)F)n1. The van der Waals surface area contributed by atoms with Gasteiger partial charge < -0.3 is 9.73 Å². The number of rotatable bonds is 6. The molecule has 3 heterocycles. The average molecular weight is 362 g/mol. The van der Waals surface area contributed by atoms with E-state index in [0.717, 1.165) is 5.39 Å². The molecule has 8 heteroatoms. The van der Waals surface area contributed by atoms with Gasteiger partial charge in [-0.25, -0.2) is 8.78 Å².